The summed E-state index contributed by atoms with van der Waals surface area (Å²) in [4.78, 5) is 0. The van der Waals surface area contributed by atoms with Crippen LogP contribution in [0.3, 0.4) is 0 Å². The second-order valence-electron chi connectivity index (χ2n) is 3.69. The van der Waals surface area contributed by atoms with Crippen molar-refractivity contribution in [2.75, 3.05) is 0 Å². The molecule has 0 radical (unpaired) electrons. The van der Waals surface area contributed by atoms with Crippen LogP contribution in [0.2, 0.25) is 0 Å². The lowest BCUT2D eigenvalue weighted by Crippen LogP contribution is -1.92. The Balaban J connectivity index is 4.11. The smallest absolute Gasteiger partial charge is 0.0297 e. The minimum absolute atomic E-state index is 0.808. The highest BCUT2D eigenvalue weighted by molar-refractivity contribution is 5.11. The normalized spacial score (nSPS) is 10.4. The van der Waals surface area contributed by atoms with Gasteiger partial charge in [0, 0.05) is 0 Å². The minimum atomic E-state index is 0.808. The van der Waals surface area contributed by atoms with Crippen molar-refractivity contribution in [1.82, 2.24) is 0 Å². The molecule has 0 bridgehead atoms. The van der Waals surface area contributed by atoms with E-state index in [1.54, 1.807) is 11.1 Å². The molecule has 0 fully saturated rings. The zero-order valence-electron chi connectivity index (χ0n) is 8.70. The molecule has 0 aliphatic carbocycles. The quantitative estimate of drug-likeness (QED) is 0.533. The predicted octanol–water partition coefficient (Wildman–Crippen LogP) is 4.17. The third kappa shape index (κ3) is 4.23. The molecule has 0 aliphatic rings. The van der Waals surface area contributed by atoms with Crippen molar-refractivity contribution >= 4 is 0 Å². The Morgan fingerprint density at radius 3 is 1.82 bits per heavy atom. The maximum absolute atomic E-state index is 2.28. The molecule has 66 valence electrons. The lowest BCUT2D eigenvalue weighted by molar-refractivity contribution is 0.633. The van der Waals surface area contributed by atoms with Gasteiger partial charge in [0.2, 0.25) is 0 Å². The summed E-state index contributed by atoms with van der Waals surface area (Å²) in [5, 5.41) is 0. The number of hydrogen-bond donors (Lipinski definition) is 0. The predicted molar refractivity (Wildman–Crippen MR) is 52.7 cm³/mol. The third-order valence-electron chi connectivity index (χ3n) is 2.17. The van der Waals surface area contributed by atoms with Crippen LogP contribution in [0.25, 0.3) is 0 Å². The fraction of sp³-hybridized carbons (Fsp3) is 0.818. The first kappa shape index (κ1) is 10.7. The highest BCUT2D eigenvalue weighted by Crippen LogP contribution is 2.18. The molecule has 0 rings (SSSR count). The highest BCUT2D eigenvalue weighted by Gasteiger charge is 2.00. The third-order valence-corrected chi connectivity index (χ3v) is 2.17. The van der Waals surface area contributed by atoms with Crippen LogP contribution < -0.4 is 0 Å². The van der Waals surface area contributed by atoms with Crippen LogP contribution in [0.1, 0.15) is 53.9 Å². The Bertz CT molecular complexity index is 123. The molecule has 0 heterocycles. The Morgan fingerprint density at radius 1 is 1.09 bits per heavy atom. The van der Waals surface area contributed by atoms with Gasteiger partial charge in [-0.15, -0.1) is 0 Å². The molecule has 0 N–H and O–H groups in total. The Kier molecular flexibility index (Phi) is 5.27. The lowest BCUT2D eigenvalue weighted by Gasteiger charge is -2.10. The van der Waals surface area contributed by atoms with Gasteiger partial charge in [-0.2, -0.15) is 0 Å². The van der Waals surface area contributed by atoms with E-state index in [9.17, 15) is 0 Å². The second-order valence-corrected chi connectivity index (χ2v) is 3.69. The van der Waals surface area contributed by atoms with Gasteiger partial charge >= 0.3 is 0 Å². The van der Waals surface area contributed by atoms with Gasteiger partial charge in [0.25, 0.3) is 0 Å². The average molecular weight is 154 g/mol. The fourth-order valence-corrected chi connectivity index (χ4v) is 1.61. The molecule has 0 aromatic rings. The molecule has 0 aromatic heterocycles. The Hall–Kier alpha value is -0.260. The van der Waals surface area contributed by atoms with Crippen molar-refractivity contribution in [2.45, 2.75) is 53.9 Å². The van der Waals surface area contributed by atoms with Gasteiger partial charge in [0.15, 0.2) is 0 Å². The summed E-state index contributed by atoms with van der Waals surface area (Å²) in [5.41, 5.74) is 3.27. The molecule has 0 amide bonds. The summed E-state index contributed by atoms with van der Waals surface area (Å²) in [7, 11) is 0. The molecule has 0 saturated carbocycles. The second kappa shape index (κ2) is 5.40. The van der Waals surface area contributed by atoms with E-state index in [2.05, 4.69) is 34.6 Å². The van der Waals surface area contributed by atoms with Crippen molar-refractivity contribution < 1.29 is 0 Å². The van der Waals surface area contributed by atoms with E-state index in [4.69, 9.17) is 0 Å². The molecule has 11 heavy (non-hydrogen) atoms. The number of hydrogen-bond acceptors (Lipinski definition) is 0. The summed E-state index contributed by atoms with van der Waals surface area (Å²) >= 11 is 0. The Morgan fingerprint density at radius 2 is 1.55 bits per heavy atom. The summed E-state index contributed by atoms with van der Waals surface area (Å²) in [6.45, 7) is 11.4. The summed E-state index contributed by atoms with van der Waals surface area (Å²) < 4.78 is 0. The molecule has 0 aliphatic heterocycles. The molecule has 0 unspecified atom stereocenters. The van der Waals surface area contributed by atoms with Gasteiger partial charge in [0.05, 0.1) is 0 Å². The first-order valence-corrected chi connectivity index (χ1v) is 4.79. The van der Waals surface area contributed by atoms with E-state index in [0.29, 0.717) is 0 Å². The molecule has 0 atom stereocenters. The van der Waals surface area contributed by atoms with Crippen LogP contribution >= 0.6 is 0 Å². The maximum atomic E-state index is 2.28. The van der Waals surface area contributed by atoms with Crippen LogP contribution in [0.4, 0.5) is 0 Å². The largest absolute Gasteiger partial charge is 0.0739 e. The van der Waals surface area contributed by atoms with E-state index in [1.165, 1.54) is 19.3 Å². The molecular formula is C11H22. The van der Waals surface area contributed by atoms with Crippen LogP contribution in [0, 0.1) is 5.92 Å². The van der Waals surface area contributed by atoms with Gasteiger partial charge in [-0.05, 0) is 32.1 Å². The van der Waals surface area contributed by atoms with E-state index in [1.807, 2.05) is 0 Å². The maximum Gasteiger partial charge on any atom is -0.0297 e. The van der Waals surface area contributed by atoms with Crippen molar-refractivity contribution in [2.24, 2.45) is 5.92 Å². The van der Waals surface area contributed by atoms with Gasteiger partial charge in [-0.25, -0.2) is 0 Å². The van der Waals surface area contributed by atoms with Gasteiger partial charge < -0.3 is 0 Å². The molecular weight excluding hydrogens is 132 g/mol. The summed E-state index contributed by atoms with van der Waals surface area (Å²) in [6.07, 6.45) is 3.74. The zero-order valence-corrected chi connectivity index (χ0v) is 8.70. The van der Waals surface area contributed by atoms with Crippen LogP contribution in [-0.2, 0) is 0 Å². The topological polar surface area (TPSA) is 0 Å². The van der Waals surface area contributed by atoms with E-state index >= 15 is 0 Å². The van der Waals surface area contributed by atoms with E-state index in [0.717, 1.165) is 5.92 Å². The van der Waals surface area contributed by atoms with Gasteiger partial charge in [-0.1, -0.05) is 38.8 Å². The van der Waals surface area contributed by atoms with Crippen molar-refractivity contribution in [3.8, 4) is 0 Å². The molecule has 0 aromatic carbocycles. The highest BCUT2D eigenvalue weighted by atomic mass is 14.1. The van der Waals surface area contributed by atoms with E-state index in [-0.39, 0.29) is 0 Å². The SMILES string of the molecule is CCC(CC)=C(C)CC(C)C. The van der Waals surface area contributed by atoms with Crippen molar-refractivity contribution in [3.63, 3.8) is 0 Å². The molecule has 0 nitrogen and oxygen atoms in total. The molecule has 0 spiro atoms. The lowest BCUT2D eigenvalue weighted by atomic mass is 9.97. The first-order valence-electron chi connectivity index (χ1n) is 4.79. The summed E-state index contributed by atoms with van der Waals surface area (Å²) in [6, 6.07) is 0. The first-order chi connectivity index (χ1) is 5.11. The fourth-order valence-electron chi connectivity index (χ4n) is 1.61. The number of rotatable bonds is 4. The Labute approximate surface area is 71.7 Å². The van der Waals surface area contributed by atoms with Crippen LogP contribution in [0.15, 0.2) is 11.1 Å². The van der Waals surface area contributed by atoms with Crippen LogP contribution in [0.5, 0.6) is 0 Å². The van der Waals surface area contributed by atoms with E-state index < -0.39 is 0 Å². The number of allylic oxidation sites excluding steroid dienone is 2. The van der Waals surface area contributed by atoms with Crippen LogP contribution in [-0.4, -0.2) is 0 Å². The summed E-state index contributed by atoms with van der Waals surface area (Å²) in [5.74, 6) is 0.808. The molecule has 0 saturated heterocycles. The average Bonchev–Trinajstić information content (AvgIpc) is 1.88. The van der Waals surface area contributed by atoms with Crippen molar-refractivity contribution in [3.05, 3.63) is 11.1 Å². The van der Waals surface area contributed by atoms with Gasteiger partial charge in [0.1, 0.15) is 0 Å². The molecule has 0 heteroatoms. The minimum Gasteiger partial charge on any atom is -0.0739 e. The zero-order chi connectivity index (χ0) is 8.85. The monoisotopic (exact) mass is 154 g/mol. The van der Waals surface area contributed by atoms with Gasteiger partial charge in [-0.3, -0.25) is 0 Å². The standard InChI is InChI=1S/C11H22/c1-6-11(7-2)10(5)8-9(3)4/h9H,6-8H2,1-5H3. The van der Waals surface area contributed by atoms with Crippen molar-refractivity contribution in [1.29, 1.82) is 0 Å².